The standard InChI is InChI=1S/C26H26F3N3O4S/c1-17(2)16-37(34,35)18-7-8-19(30-15-18)24(33)31-13-11-25(12-14-31)22-9-10-23(26(27,28)29)32(22)20-5-3-4-6-21(20)36-25/h3-10,15,17H,11-14,16H2,1-2H3. The van der Waals surface area contributed by atoms with E-state index in [0.717, 1.165) is 6.07 Å². The first-order valence-electron chi connectivity index (χ1n) is 12.0. The summed E-state index contributed by atoms with van der Waals surface area (Å²) in [4.78, 5) is 18.8. The Labute approximate surface area is 212 Å². The van der Waals surface area contributed by atoms with Crippen LogP contribution in [0.3, 0.4) is 0 Å². The van der Waals surface area contributed by atoms with E-state index in [-0.39, 0.29) is 54.1 Å². The van der Waals surface area contributed by atoms with Crippen molar-refractivity contribution in [1.82, 2.24) is 14.5 Å². The predicted octanol–water partition coefficient (Wildman–Crippen LogP) is 4.84. The van der Waals surface area contributed by atoms with Crippen molar-refractivity contribution in [2.75, 3.05) is 18.8 Å². The van der Waals surface area contributed by atoms with Gasteiger partial charge in [0, 0.05) is 32.1 Å². The average molecular weight is 534 g/mol. The van der Waals surface area contributed by atoms with Crippen LogP contribution in [0.5, 0.6) is 5.75 Å². The third-order valence-electron chi connectivity index (χ3n) is 6.78. The highest BCUT2D eigenvalue weighted by Crippen LogP contribution is 2.48. The first kappa shape index (κ1) is 25.3. The summed E-state index contributed by atoms with van der Waals surface area (Å²) in [7, 11) is -3.49. The highest BCUT2D eigenvalue weighted by atomic mass is 32.2. The third-order valence-corrected chi connectivity index (χ3v) is 8.84. The van der Waals surface area contributed by atoms with Crippen molar-refractivity contribution in [2.24, 2.45) is 5.92 Å². The second kappa shape index (κ2) is 8.90. The summed E-state index contributed by atoms with van der Waals surface area (Å²) in [6.07, 6.45) is -2.77. The number of hydrogen-bond donors (Lipinski definition) is 0. The molecule has 0 N–H and O–H groups in total. The Morgan fingerprint density at radius 2 is 1.78 bits per heavy atom. The van der Waals surface area contributed by atoms with Gasteiger partial charge in [0.2, 0.25) is 0 Å². The number of hydrogen-bond acceptors (Lipinski definition) is 5. The van der Waals surface area contributed by atoms with E-state index in [0.29, 0.717) is 17.1 Å². The van der Waals surface area contributed by atoms with Crippen molar-refractivity contribution >= 4 is 15.7 Å². The number of amides is 1. The number of benzene rings is 1. The van der Waals surface area contributed by atoms with Crippen molar-refractivity contribution < 1.29 is 31.1 Å². The number of piperidine rings is 1. The van der Waals surface area contributed by atoms with Gasteiger partial charge in [-0.2, -0.15) is 13.2 Å². The number of rotatable bonds is 4. The lowest BCUT2D eigenvalue weighted by molar-refractivity contribution is -0.143. The third kappa shape index (κ3) is 4.49. The minimum Gasteiger partial charge on any atom is -0.479 e. The fraction of sp³-hybridized carbons (Fsp3) is 0.385. The summed E-state index contributed by atoms with van der Waals surface area (Å²) in [5.41, 5.74) is -0.944. The van der Waals surface area contributed by atoms with Gasteiger partial charge in [-0.05, 0) is 42.3 Å². The van der Waals surface area contributed by atoms with E-state index in [1.54, 1.807) is 43.0 Å². The van der Waals surface area contributed by atoms with Gasteiger partial charge in [-0.15, -0.1) is 0 Å². The molecule has 1 amide bonds. The van der Waals surface area contributed by atoms with Crippen LogP contribution in [-0.2, 0) is 21.6 Å². The van der Waals surface area contributed by atoms with Crippen LogP contribution in [0.15, 0.2) is 59.6 Å². The Morgan fingerprint density at radius 1 is 1.08 bits per heavy atom. The molecule has 0 atom stereocenters. The van der Waals surface area contributed by atoms with Crippen LogP contribution in [0, 0.1) is 5.92 Å². The van der Waals surface area contributed by atoms with E-state index >= 15 is 0 Å². The number of nitrogens with zero attached hydrogens (tertiary/aromatic N) is 3. The molecule has 1 spiro atoms. The molecule has 0 aliphatic carbocycles. The molecular weight excluding hydrogens is 507 g/mol. The molecule has 3 aromatic rings. The van der Waals surface area contributed by atoms with E-state index in [1.807, 2.05) is 0 Å². The fourth-order valence-electron chi connectivity index (χ4n) is 5.08. The van der Waals surface area contributed by atoms with Crippen LogP contribution in [-0.4, -0.2) is 47.6 Å². The molecule has 196 valence electrons. The van der Waals surface area contributed by atoms with Crippen molar-refractivity contribution in [3.05, 3.63) is 71.8 Å². The van der Waals surface area contributed by atoms with Crippen LogP contribution in [0.25, 0.3) is 5.69 Å². The maximum atomic E-state index is 13.8. The second-order valence-electron chi connectivity index (χ2n) is 9.85. The summed E-state index contributed by atoms with van der Waals surface area (Å²) < 4.78 is 73.9. The Morgan fingerprint density at radius 3 is 2.41 bits per heavy atom. The molecule has 1 aromatic carbocycles. The second-order valence-corrected chi connectivity index (χ2v) is 11.9. The van der Waals surface area contributed by atoms with Gasteiger partial charge in [-0.25, -0.2) is 13.4 Å². The highest BCUT2D eigenvalue weighted by Gasteiger charge is 2.48. The van der Waals surface area contributed by atoms with Gasteiger partial charge in [-0.3, -0.25) is 4.79 Å². The molecule has 5 rings (SSSR count). The van der Waals surface area contributed by atoms with Crippen LogP contribution in [0.2, 0.25) is 0 Å². The topological polar surface area (TPSA) is 81.5 Å². The number of para-hydroxylation sites is 2. The molecule has 1 saturated heterocycles. The van der Waals surface area contributed by atoms with Crippen LogP contribution < -0.4 is 4.74 Å². The summed E-state index contributed by atoms with van der Waals surface area (Å²) >= 11 is 0. The smallest absolute Gasteiger partial charge is 0.431 e. The summed E-state index contributed by atoms with van der Waals surface area (Å²) in [5, 5.41) is 0. The van der Waals surface area contributed by atoms with Crippen molar-refractivity contribution in [3.63, 3.8) is 0 Å². The molecule has 2 aliphatic heterocycles. The van der Waals surface area contributed by atoms with Crippen molar-refractivity contribution in [1.29, 1.82) is 0 Å². The number of pyridine rings is 1. The van der Waals surface area contributed by atoms with Gasteiger partial charge < -0.3 is 14.2 Å². The minimum atomic E-state index is -4.54. The largest absolute Gasteiger partial charge is 0.479 e. The number of fused-ring (bicyclic) bond motifs is 4. The molecule has 2 aromatic heterocycles. The molecule has 0 saturated carbocycles. The Balaban J connectivity index is 1.38. The van der Waals surface area contributed by atoms with Crippen molar-refractivity contribution in [3.8, 4) is 11.4 Å². The molecule has 2 aliphatic rings. The number of carbonyl (C=O) groups is 1. The molecule has 11 heteroatoms. The Kier molecular flexibility index (Phi) is 6.09. The summed E-state index contributed by atoms with van der Waals surface area (Å²) in [6, 6.07) is 11.9. The lowest BCUT2D eigenvalue weighted by Crippen LogP contribution is -2.50. The zero-order valence-corrected chi connectivity index (χ0v) is 21.1. The fourth-order valence-corrected chi connectivity index (χ4v) is 6.64. The lowest BCUT2D eigenvalue weighted by atomic mass is 9.86. The first-order valence-corrected chi connectivity index (χ1v) is 13.6. The number of ether oxygens (including phenoxy) is 1. The zero-order chi connectivity index (χ0) is 26.6. The van der Waals surface area contributed by atoms with E-state index in [9.17, 15) is 26.4 Å². The normalized spacial score (nSPS) is 16.9. The summed E-state index contributed by atoms with van der Waals surface area (Å²) in [6.45, 7) is 4.09. The van der Waals surface area contributed by atoms with Crippen LogP contribution in [0.1, 0.15) is 48.6 Å². The van der Waals surface area contributed by atoms with E-state index in [1.165, 1.54) is 29.0 Å². The quantitative estimate of drug-likeness (QED) is 0.479. The van der Waals surface area contributed by atoms with Crippen molar-refractivity contribution in [2.45, 2.75) is 43.4 Å². The number of carbonyl (C=O) groups excluding carboxylic acids is 1. The molecular formula is C26H26F3N3O4S. The maximum Gasteiger partial charge on any atom is 0.431 e. The summed E-state index contributed by atoms with van der Waals surface area (Å²) in [5.74, 6) is -0.0762. The Bertz CT molecular complexity index is 1440. The number of sulfone groups is 1. The van der Waals surface area contributed by atoms with Crippen LogP contribution in [0.4, 0.5) is 13.2 Å². The van der Waals surface area contributed by atoms with Gasteiger partial charge in [0.1, 0.15) is 17.1 Å². The minimum absolute atomic E-state index is 0.0168. The first-order chi connectivity index (χ1) is 17.4. The number of halogens is 3. The molecule has 0 radical (unpaired) electrons. The predicted molar refractivity (Wildman–Crippen MR) is 129 cm³/mol. The van der Waals surface area contributed by atoms with E-state index in [4.69, 9.17) is 4.74 Å². The molecule has 4 heterocycles. The number of aromatic nitrogens is 2. The van der Waals surface area contributed by atoms with Gasteiger partial charge in [-0.1, -0.05) is 26.0 Å². The number of alkyl halides is 3. The van der Waals surface area contributed by atoms with Gasteiger partial charge in [0.15, 0.2) is 15.4 Å². The lowest BCUT2D eigenvalue weighted by Gasteiger charge is -2.45. The molecule has 7 nitrogen and oxygen atoms in total. The monoisotopic (exact) mass is 533 g/mol. The highest BCUT2D eigenvalue weighted by molar-refractivity contribution is 7.91. The molecule has 0 bridgehead atoms. The zero-order valence-electron chi connectivity index (χ0n) is 20.3. The SMILES string of the molecule is CC(C)CS(=O)(=O)c1ccc(C(=O)N2CCC3(CC2)Oc2ccccc2-n2c(C(F)(F)F)ccc23)nc1. The molecule has 0 unspecified atom stereocenters. The average Bonchev–Trinajstić information content (AvgIpc) is 3.31. The molecule has 1 fully saturated rings. The van der Waals surface area contributed by atoms with E-state index in [2.05, 4.69) is 4.98 Å². The maximum absolute atomic E-state index is 13.8. The molecule has 37 heavy (non-hydrogen) atoms. The van der Waals surface area contributed by atoms with Gasteiger partial charge in [0.25, 0.3) is 5.91 Å². The van der Waals surface area contributed by atoms with Gasteiger partial charge in [0.05, 0.1) is 22.0 Å². The number of likely N-dealkylation sites (tertiary alicyclic amines) is 1. The Hall–Kier alpha value is -3.34. The van der Waals surface area contributed by atoms with E-state index < -0.39 is 27.3 Å². The van der Waals surface area contributed by atoms with Crippen LogP contribution >= 0.6 is 0 Å². The van der Waals surface area contributed by atoms with Gasteiger partial charge >= 0.3 is 6.18 Å².